The summed E-state index contributed by atoms with van der Waals surface area (Å²) in [5, 5.41) is 9.16. The van der Waals surface area contributed by atoms with Crippen molar-refractivity contribution in [1.82, 2.24) is 0 Å². The smallest absolute Gasteiger partial charge is 0.252 e. The van der Waals surface area contributed by atoms with Gasteiger partial charge in [0.15, 0.2) is 0 Å². The van der Waals surface area contributed by atoms with Crippen molar-refractivity contribution in [3.63, 3.8) is 0 Å². The molecule has 0 N–H and O–H groups in total. The van der Waals surface area contributed by atoms with Gasteiger partial charge in [-0.1, -0.05) is 358 Å². The Morgan fingerprint density at radius 1 is 0.233 bits per heavy atom. The largest absolute Gasteiger partial charge is 0.456 e. The average Bonchev–Trinajstić information content (AvgIpc) is 0.970. The molecule has 2 aromatic heterocycles. The minimum Gasteiger partial charge on any atom is -0.456 e. The molecule has 0 saturated carbocycles. The Morgan fingerprint density at radius 2 is 0.638 bits per heavy atom. The molecule has 3 aliphatic rings. The van der Waals surface area contributed by atoms with E-state index in [9.17, 15) is 0 Å². The highest BCUT2D eigenvalue weighted by molar-refractivity contribution is 7.26. The number of fused-ring (bicyclic) bond motifs is 15. The van der Waals surface area contributed by atoms with Crippen molar-refractivity contribution in [1.29, 1.82) is 0 Å². The first-order valence-electron chi connectivity index (χ1n) is 40.1. The lowest BCUT2D eigenvalue weighted by atomic mass is 9.33. The summed E-state index contributed by atoms with van der Waals surface area (Å²) in [6.45, 7) is -0.330. The number of hydrogen-bond donors (Lipinski definition) is 0. The lowest BCUT2D eigenvalue weighted by molar-refractivity contribution is 0.669. The van der Waals surface area contributed by atoms with Crippen LogP contribution in [0.3, 0.4) is 0 Å². The standard InChI is InChI=1S/C111H69BN2OS/c1-7-29-70(30-8-1)82-43-23-25-45-84(82)77-54-59-92-94-66-100-98(68-105(94)115-104(92)64-77)112-99-69-107-95(93-60-55-78(65-106(93)116-107)85-46-26-24-44-83(85)71-31-9-2-10-32-71)67-101(99)114(110-87-48-22-20-38-75(87)52-57-89(110)73-35-13-4-14-36-73)103-63-79(62-102(108(103)112)113(100)109-86-47-21-19-37-74(86)51-56-88(109)72-33-11-3-12-34-72)76-53-58-91-90-49-27-28-50-96(90)111(97(91)61-76,80-39-15-5-16-40-80)81-41-17-6-18-42-81/h1-69H. The minimum absolute atomic E-state index is 0.330. The van der Waals surface area contributed by atoms with Crippen LogP contribution in [-0.2, 0) is 5.41 Å². The van der Waals surface area contributed by atoms with Gasteiger partial charge in [0.1, 0.15) is 11.2 Å². The van der Waals surface area contributed by atoms with Gasteiger partial charge in [-0.15, -0.1) is 11.3 Å². The molecule has 0 atom stereocenters. The van der Waals surface area contributed by atoms with Gasteiger partial charge in [-0.2, -0.15) is 0 Å². The van der Waals surface area contributed by atoms with Crippen LogP contribution in [0, 0.1) is 0 Å². The van der Waals surface area contributed by atoms with Crippen LogP contribution in [-0.4, -0.2) is 6.71 Å². The first-order valence-corrected chi connectivity index (χ1v) is 40.9. The number of nitrogens with zero attached hydrogens (tertiary/aromatic N) is 2. The molecule has 538 valence electrons. The van der Waals surface area contributed by atoms with E-state index >= 15 is 0 Å². The van der Waals surface area contributed by atoms with E-state index in [4.69, 9.17) is 4.42 Å². The van der Waals surface area contributed by atoms with Crippen LogP contribution in [0.25, 0.3) is 153 Å². The zero-order valence-corrected chi connectivity index (χ0v) is 63.9. The van der Waals surface area contributed by atoms with Crippen LogP contribution in [0.2, 0.25) is 0 Å². The maximum Gasteiger partial charge on any atom is 0.252 e. The predicted octanol–water partition coefficient (Wildman–Crippen LogP) is 28.4. The van der Waals surface area contributed by atoms with Crippen LogP contribution in [0.5, 0.6) is 0 Å². The summed E-state index contributed by atoms with van der Waals surface area (Å²) < 4.78 is 10.0. The number of anilines is 6. The topological polar surface area (TPSA) is 19.6 Å². The predicted molar refractivity (Wildman–Crippen MR) is 491 cm³/mol. The van der Waals surface area contributed by atoms with E-state index in [2.05, 4.69) is 428 Å². The zero-order valence-electron chi connectivity index (χ0n) is 63.1. The van der Waals surface area contributed by atoms with Crippen molar-refractivity contribution in [2.75, 3.05) is 9.80 Å². The van der Waals surface area contributed by atoms with E-state index in [1.807, 2.05) is 11.3 Å². The molecular formula is C111H69BN2OS. The fraction of sp³-hybridized carbons (Fsp3) is 0.00901. The maximum absolute atomic E-state index is 7.54. The Hall–Kier alpha value is -14.6. The molecule has 0 amide bonds. The van der Waals surface area contributed by atoms with Gasteiger partial charge in [-0.25, -0.2) is 0 Å². The van der Waals surface area contributed by atoms with Gasteiger partial charge in [0.05, 0.1) is 16.8 Å². The van der Waals surface area contributed by atoms with Crippen molar-refractivity contribution < 1.29 is 4.42 Å². The lowest BCUT2D eigenvalue weighted by Gasteiger charge is -2.45. The molecule has 3 nitrogen and oxygen atoms in total. The highest BCUT2D eigenvalue weighted by atomic mass is 32.1. The molecule has 19 aromatic carbocycles. The van der Waals surface area contributed by atoms with E-state index in [-0.39, 0.29) is 6.71 Å². The monoisotopic (exact) mass is 1490 g/mol. The zero-order chi connectivity index (χ0) is 76.1. The molecule has 24 rings (SSSR count). The van der Waals surface area contributed by atoms with E-state index in [1.165, 1.54) is 97.9 Å². The summed E-state index contributed by atoms with van der Waals surface area (Å²) >= 11 is 1.90. The maximum atomic E-state index is 7.54. The number of hydrogen-bond acceptors (Lipinski definition) is 4. The third-order valence-electron chi connectivity index (χ3n) is 25.1. The van der Waals surface area contributed by atoms with E-state index in [1.54, 1.807) is 0 Å². The van der Waals surface area contributed by atoms with Gasteiger partial charge < -0.3 is 14.2 Å². The Morgan fingerprint density at radius 3 is 1.19 bits per heavy atom. The Balaban J connectivity index is 0.846. The molecular weight excluding hydrogens is 1420 g/mol. The second kappa shape index (κ2) is 26.2. The van der Waals surface area contributed by atoms with Gasteiger partial charge in [0, 0.05) is 75.6 Å². The van der Waals surface area contributed by atoms with Crippen LogP contribution in [0.1, 0.15) is 22.3 Å². The number of thiophene rings is 1. The Labute approximate surface area is 676 Å². The van der Waals surface area contributed by atoms with Crippen molar-refractivity contribution in [2.45, 2.75) is 5.41 Å². The van der Waals surface area contributed by atoms with Crippen molar-refractivity contribution in [3.8, 4) is 89.0 Å². The normalized spacial score (nSPS) is 13.0. The van der Waals surface area contributed by atoms with Crippen molar-refractivity contribution >= 4 is 132 Å². The van der Waals surface area contributed by atoms with E-state index in [0.717, 1.165) is 128 Å². The number of benzene rings is 19. The fourth-order valence-corrected chi connectivity index (χ4v) is 21.2. The molecule has 4 heterocycles. The summed E-state index contributed by atoms with van der Waals surface area (Å²) in [5.74, 6) is 0. The summed E-state index contributed by atoms with van der Waals surface area (Å²) in [6.07, 6.45) is 0. The number of furan rings is 1. The summed E-state index contributed by atoms with van der Waals surface area (Å²) in [5.41, 5.74) is 34.9. The molecule has 0 radical (unpaired) electrons. The summed E-state index contributed by atoms with van der Waals surface area (Å²) in [6, 6.07) is 157. The van der Waals surface area contributed by atoms with Crippen molar-refractivity contribution in [3.05, 3.63) is 441 Å². The Kier molecular flexibility index (Phi) is 14.9. The Bertz CT molecular complexity index is 7190. The fourth-order valence-electron chi connectivity index (χ4n) is 20.0. The first-order chi connectivity index (χ1) is 57.5. The highest BCUT2D eigenvalue weighted by Gasteiger charge is 2.49. The van der Waals surface area contributed by atoms with Crippen LogP contribution in [0.4, 0.5) is 34.1 Å². The highest BCUT2D eigenvalue weighted by Crippen LogP contribution is 2.59. The second-order valence-corrected chi connectivity index (χ2v) is 32.3. The quantitative estimate of drug-likeness (QED) is 0.120. The van der Waals surface area contributed by atoms with Gasteiger partial charge in [0.2, 0.25) is 0 Å². The lowest BCUT2D eigenvalue weighted by Crippen LogP contribution is -2.61. The average molecular weight is 1490 g/mol. The van der Waals surface area contributed by atoms with E-state index in [0.29, 0.717) is 0 Å². The number of rotatable bonds is 11. The van der Waals surface area contributed by atoms with Crippen LogP contribution < -0.4 is 26.2 Å². The second-order valence-electron chi connectivity index (χ2n) is 31.2. The molecule has 1 aliphatic carbocycles. The third kappa shape index (κ3) is 10.1. The summed E-state index contributed by atoms with van der Waals surface area (Å²) in [7, 11) is 0. The van der Waals surface area contributed by atoms with Gasteiger partial charge in [-0.05, 0) is 188 Å². The summed E-state index contributed by atoms with van der Waals surface area (Å²) in [4.78, 5) is 5.41. The van der Waals surface area contributed by atoms with Crippen LogP contribution in [0.15, 0.2) is 423 Å². The van der Waals surface area contributed by atoms with E-state index < -0.39 is 5.41 Å². The molecule has 116 heavy (non-hydrogen) atoms. The molecule has 0 unspecified atom stereocenters. The molecule has 0 fully saturated rings. The van der Waals surface area contributed by atoms with Gasteiger partial charge in [-0.3, -0.25) is 0 Å². The third-order valence-corrected chi connectivity index (χ3v) is 26.2. The molecule has 0 spiro atoms. The van der Waals surface area contributed by atoms with Crippen LogP contribution >= 0.6 is 11.3 Å². The first kappa shape index (κ1) is 66.0. The molecule has 2 aliphatic heterocycles. The SMILES string of the molecule is c1ccc(-c2ccccc2-c2ccc3c(c2)oc2cc4c(cc23)N(c2c(-c3ccccc3)ccc3ccccc23)c2cc(-c3ccc5c(c3)C(c3ccccc3)(c3ccccc3)c3ccccc3-5)cc3c2B4c2cc4sc5cc(-c6ccccc6-c6ccccc6)ccc5c4cc2N3c2c(-c3ccccc3)ccc3ccccc23)cc1. The van der Waals surface area contributed by atoms with Gasteiger partial charge >= 0.3 is 0 Å². The molecule has 0 bridgehead atoms. The molecule has 0 saturated heterocycles. The molecule has 5 heteroatoms. The minimum atomic E-state index is -0.652. The van der Waals surface area contributed by atoms with Crippen molar-refractivity contribution in [2.24, 2.45) is 0 Å². The van der Waals surface area contributed by atoms with Gasteiger partial charge in [0.25, 0.3) is 6.71 Å². The molecule has 21 aromatic rings.